The summed E-state index contributed by atoms with van der Waals surface area (Å²) in [5.41, 5.74) is 1.59. The molecule has 5 heteroatoms. The Morgan fingerprint density at radius 3 is 2.39 bits per heavy atom. The molecule has 0 heterocycles. The first kappa shape index (κ1) is 20.5. The van der Waals surface area contributed by atoms with E-state index in [1.54, 1.807) is 7.11 Å². The lowest BCUT2D eigenvalue weighted by Crippen LogP contribution is -2.37. The molecule has 1 aliphatic carbocycles. The number of benzene rings is 2. The van der Waals surface area contributed by atoms with E-state index < -0.39 is 0 Å². The van der Waals surface area contributed by atoms with Crippen LogP contribution in [-0.2, 0) is 0 Å². The van der Waals surface area contributed by atoms with E-state index in [9.17, 15) is 4.79 Å². The summed E-state index contributed by atoms with van der Waals surface area (Å²) in [6, 6.07) is 10.6. The van der Waals surface area contributed by atoms with Gasteiger partial charge in [0.1, 0.15) is 5.75 Å². The zero-order valence-corrected chi connectivity index (χ0v) is 17.4. The fourth-order valence-electron chi connectivity index (χ4n) is 4.12. The highest BCUT2D eigenvalue weighted by atomic mass is 16.5. The van der Waals surface area contributed by atoms with Gasteiger partial charge in [-0.1, -0.05) is 49.9 Å². The van der Waals surface area contributed by atoms with Gasteiger partial charge in [-0.25, -0.2) is 0 Å². The molecule has 0 aliphatic heterocycles. The number of ether oxygens (including phenoxy) is 1. The maximum atomic E-state index is 12.9. The quantitative estimate of drug-likeness (QED) is 0.561. The molecular weight excluding hydrogens is 350 g/mol. The first-order valence-corrected chi connectivity index (χ1v) is 10.4. The third-order valence-corrected chi connectivity index (χ3v) is 5.60. The van der Waals surface area contributed by atoms with Crippen LogP contribution >= 0.6 is 0 Å². The molecule has 2 N–H and O–H groups in total. The molecule has 0 bridgehead atoms. The molecule has 28 heavy (non-hydrogen) atoms. The monoisotopic (exact) mass is 383 g/mol. The second-order valence-corrected chi connectivity index (χ2v) is 7.82. The summed E-state index contributed by atoms with van der Waals surface area (Å²) in [4.78, 5) is 14.9. The van der Waals surface area contributed by atoms with Crippen molar-refractivity contribution in [2.24, 2.45) is 0 Å². The number of carbonyl (C=O) groups excluding carboxylic acids is 1. The van der Waals surface area contributed by atoms with Gasteiger partial charge < -0.3 is 20.3 Å². The topological polar surface area (TPSA) is 53.6 Å². The molecule has 152 valence electrons. The maximum absolute atomic E-state index is 12.9. The third-order valence-electron chi connectivity index (χ3n) is 5.60. The van der Waals surface area contributed by atoms with E-state index >= 15 is 0 Å². The number of methoxy groups -OCH3 is 1. The van der Waals surface area contributed by atoms with Crippen molar-refractivity contribution < 1.29 is 9.53 Å². The Morgan fingerprint density at radius 1 is 1.07 bits per heavy atom. The molecule has 0 radical (unpaired) electrons. The van der Waals surface area contributed by atoms with Crippen molar-refractivity contribution in [2.75, 3.05) is 39.2 Å². The molecule has 1 aliphatic rings. The summed E-state index contributed by atoms with van der Waals surface area (Å²) < 4.78 is 5.63. The van der Waals surface area contributed by atoms with Crippen LogP contribution in [-0.4, -0.2) is 46.2 Å². The lowest BCUT2D eigenvalue weighted by molar-refractivity contribution is 0.0950. The normalized spacial score (nSPS) is 15.2. The minimum absolute atomic E-state index is 0.0895. The zero-order chi connectivity index (χ0) is 19.9. The summed E-state index contributed by atoms with van der Waals surface area (Å²) >= 11 is 0. The number of rotatable bonds is 7. The summed E-state index contributed by atoms with van der Waals surface area (Å²) in [7, 11) is 5.61. The Hall–Kier alpha value is -2.27. The van der Waals surface area contributed by atoms with Crippen LogP contribution in [0, 0.1) is 0 Å². The summed E-state index contributed by atoms with van der Waals surface area (Å²) in [5.74, 6) is 0.545. The van der Waals surface area contributed by atoms with Crippen molar-refractivity contribution in [1.29, 1.82) is 0 Å². The van der Waals surface area contributed by atoms with Gasteiger partial charge in [0.05, 0.1) is 12.7 Å². The van der Waals surface area contributed by atoms with Gasteiger partial charge in [-0.3, -0.25) is 4.79 Å². The number of fused-ring (bicyclic) bond motifs is 1. The SMILES string of the molecule is COc1c(C(=O)NCCNC2CCCCCC2)cc(N(C)C)c2ccccc12. The van der Waals surface area contributed by atoms with E-state index in [1.165, 1.54) is 38.5 Å². The van der Waals surface area contributed by atoms with Crippen LogP contribution in [0.1, 0.15) is 48.9 Å². The van der Waals surface area contributed by atoms with E-state index in [0.717, 1.165) is 23.0 Å². The van der Waals surface area contributed by atoms with Crippen LogP contribution in [0.3, 0.4) is 0 Å². The molecule has 2 aromatic rings. The first-order valence-electron chi connectivity index (χ1n) is 10.4. The molecule has 1 amide bonds. The molecule has 5 nitrogen and oxygen atoms in total. The van der Waals surface area contributed by atoms with E-state index in [-0.39, 0.29) is 5.91 Å². The fraction of sp³-hybridized carbons (Fsp3) is 0.522. The molecule has 0 aromatic heterocycles. The molecule has 0 atom stereocenters. The molecule has 2 aromatic carbocycles. The molecular formula is C23H33N3O2. The highest BCUT2D eigenvalue weighted by Gasteiger charge is 2.19. The Balaban J connectivity index is 1.70. The first-order chi connectivity index (χ1) is 13.6. The van der Waals surface area contributed by atoms with Crippen LogP contribution in [0.25, 0.3) is 10.8 Å². The molecule has 1 fully saturated rings. The van der Waals surface area contributed by atoms with E-state index in [0.29, 0.717) is 23.9 Å². The number of anilines is 1. The predicted molar refractivity (Wildman–Crippen MR) is 117 cm³/mol. The number of carbonyl (C=O) groups is 1. The van der Waals surface area contributed by atoms with Crippen LogP contribution in [0.4, 0.5) is 5.69 Å². The zero-order valence-electron chi connectivity index (χ0n) is 17.4. The number of hydrogen-bond donors (Lipinski definition) is 2. The highest BCUT2D eigenvalue weighted by molar-refractivity contribution is 6.08. The van der Waals surface area contributed by atoms with Gasteiger partial charge >= 0.3 is 0 Å². The largest absolute Gasteiger partial charge is 0.495 e. The van der Waals surface area contributed by atoms with Gasteiger partial charge in [-0.15, -0.1) is 0 Å². The molecule has 0 saturated heterocycles. The Bertz CT molecular complexity index is 796. The van der Waals surface area contributed by atoms with Gasteiger partial charge in [0.25, 0.3) is 5.91 Å². The minimum Gasteiger partial charge on any atom is -0.495 e. The number of nitrogens with zero attached hydrogens (tertiary/aromatic N) is 1. The summed E-state index contributed by atoms with van der Waals surface area (Å²) in [6.45, 7) is 1.41. The van der Waals surface area contributed by atoms with Crippen molar-refractivity contribution in [3.8, 4) is 5.75 Å². The van der Waals surface area contributed by atoms with Crippen LogP contribution in [0.5, 0.6) is 5.75 Å². The molecule has 0 unspecified atom stereocenters. The van der Waals surface area contributed by atoms with E-state index in [4.69, 9.17) is 4.74 Å². The Morgan fingerprint density at radius 2 is 1.75 bits per heavy atom. The van der Waals surface area contributed by atoms with E-state index in [1.807, 2.05) is 43.3 Å². The van der Waals surface area contributed by atoms with Crippen molar-refractivity contribution >= 4 is 22.4 Å². The number of nitrogens with one attached hydrogen (secondary N) is 2. The average molecular weight is 384 g/mol. The minimum atomic E-state index is -0.0895. The Kier molecular flexibility index (Phi) is 7.15. The van der Waals surface area contributed by atoms with Crippen molar-refractivity contribution in [2.45, 2.75) is 44.6 Å². The smallest absolute Gasteiger partial charge is 0.255 e. The highest BCUT2D eigenvalue weighted by Crippen LogP contribution is 2.36. The third kappa shape index (κ3) is 4.76. The lowest BCUT2D eigenvalue weighted by atomic mass is 10.0. The predicted octanol–water partition coefficient (Wildman–Crippen LogP) is 3.96. The standard InChI is InChI=1S/C23H33N3O2/c1-26(2)21-16-20(22(28-3)19-13-9-8-12-18(19)21)23(27)25-15-14-24-17-10-6-4-5-7-11-17/h8-9,12-13,16-17,24H,4-7,10-11,14-15H2,1-3H3,(H,25,27). The summed E-state index contributed by atoms with van der Waals surface area (Å²) in [6.07, 6.45) is 7.82. The molecule has 1 saturated carbocycles. The van der Waals surface area contributed by atoms with E-state index in [2.05, 4.69) is 16.7 Å². The van der Waals surface area contributed by atoms with Crippen LogP contribution in [0.2, 0.25) is 0 Å². The average Bonchev–Trinajstić information content (AvgIpc) is 2.98. The van der Waals surface area contributed by atoms with Gasteiger partial charge in [0, 0.05) is 49.7 Å². The van der Waals surface area contributed by atoms with Crippen molar-refractivity contribution in [1.82, 2.24) is 10.6 Å². The second-order valence-electron chi connectivity index (χ2n) is 7.82. The van der Waals surface area contributed by atoms with Gasteiger partial charge in [0.2, 0.25) is 0 Å². The number of hydrogen-bond acceptors (Lipinski definition) is 4. The maximum Gasteiger partial charge on any atom is 0.255 e. The Labute approximate surface area is 168 Å². The van der Waals surface area contributed by atoms with Crippen LogP contribution < -0.4 is 20.3 Å². The van der Waals surface area contributed by atoms with Gasteiger partial charge in [-0.2, -0.15) is 0 Å². The van der Waals surface area contributed by atoms with Crippen molar-refractivity contribution in [3.63, 3.8) is 0 Å². The fourth-order valence-corrected chi connectivity index (χ4v) is 4.12. The second kappa shape index (κ2) is 9.78. The molecule has 0 spiro atoms. The summed E-state index contributed by atoms with van der Waals surface area (Å²) in [5, 5.41) is 8.70. The molecule has 3 rings (SSSR count). The number of amides is 1. The van der Waals surface area contributed by atoms with Gasteiger partial charge in [0.15, 0.2) is 0 Å². The van der Waals surface area contributed by atoms with Gasteiger partial charge in [-0.05, 0) is 18.9 Å². The van der Waals surface area contributed by atoms with Crippen LogP contribution in [0.15, 0.2) is 30.3 Å². The van der Waals surface area contributed by atoms with Crippen molar-refractivity contribution in [3.05, 3.63) is 35.9 Å². The lowest BCUT2D eigenvalue weighted by Gasteiger charge is -2.20.